The van der Waals surface area contributed by atoms with Crippen molar-refractivity contribution in [3.63, 3.8) is 0 Å². The Balaban J connectivity index is 5.23. The molecule has 9 N–H and O–H groups in total. The first-order valence-corrected chi connectivity index (χ1v) is 11.0. The summed E-state index contributed by atoms with van der Waals surface area (Å²) in [6.07, 6.45) is 0.520. The summed E-state index contributed by atoms with van der Waals surface area (Å²) in [7, 11) is 0. The highest BCUT2D eigenvalue weighted by Crippen LogP contribution is 2.08. The monoisotopic (exact) mass is 463 g/mol. The number of carbonyl (C=O) groups excluding carboxylic acids is 3. The van der Waals surface area contributed by atoms with Crippen LogP contribution in [-0.2, 0) is 19.2 Å². The van der Waals surface area contributed by atoms with E-state index >= 15 is 0 Å². The summed E-state index contributed by atoms with van der Waals surface area (Å²) in [6.45, 7) is 5.46. The predicted molar refractivity (Wildman–Crippen MR) is 119 cm³/mol. The van der Waals surface area contributed by atoms with Crippen molar-refractivity contribution in [1.29, 1.82) is 0 Å². The van der Waals surface area contributed by atoms with E-state index in [0.29, 0.717) is 19.4 Å². The van der Waals surface area contributed by atoms with E-state index in [1.807, 2.05) is 13.8 Å². The molecule has 11 nitrogen and oxygen atoms in total. The van der Waals surface area contributed by atoms with Crippen molar-refractivity contribution in [1.82, 2.24) is 16.0 Å². The third-order valence-electron chi connectivity index (χ3n) is 4.54. The van der Waals surface area contributed by atoms with E-state index in [0.717, 1.165) is 0 Å². The number of aliphatic hydroxyl groups is 1. The van der Waals surface area contributed by atoms with Crippen LogP contribution in [0.25, 0.3) is 0 Å². The van der Waals surface area contributed by atoms with E-state index in [2.05, 4.69) is 28.6 Å². The van der Waals surface area contributed by atoms with Gasteiger partial charge in [0.15, 0.2) is 0 Å². The number of nitrogens with one attached hydrogen (secondary N) is 3. The molecule has 0 aromatic carbocycles. The van der Waals surface area contributed by atoms with Crippen LogP contribution in [0.1, 0.15) is 46.5 Å². The van der Waals surface area contributed by atoms with Crippen LogP contribution in [0.15, 0.2) is 0 Å². The van der Waals surface area contributed by atoms with E-state index < -0.39 is 54.0 Å². The smallest absolute Gasteiger partial charge is 0.326 e. The Bertz CT molecular complexity index is 604. The summed E-state index contributed by atoms with van der Waals surface area (Å²) in [5.41, 5.74) is 11.0. The number of unbranched alkanes of at least 4 members (excludes halogenated alkanes) is 1. The average Bonchev–Trinajstić information content (AvgIpc) is 2.69. The van der Waals surface area contributed by atoms with Crippen molar-refractivity contribution in [3.8, 4) is 0 Å². The molecule has 0 aliphatic rings. The number of carbonyl (C=O) groups is 4. The van der Waals surface area contributed by atoms with Gasteiger partial charge in [-0.05, 0) is 45.1 Å². The first-order chi connectivity index (χ1) is 14.4. The van der Waals surface area contributed by atoms with Gasteiger partial charge in [0.2, 0.25) is 17.7 Å². The van der Waals surface area contributed by atoms with Crippen molar-refractivity contribution in [2.24, 2.45) is 17.4 Å². The minimum Gasteiger partial charge on any atom is -0.480 e. The molecule has 5 atom stereocenters. The number of aliphatic hydroxyl groups excluding tert-OH is 1. The van der Waals surface area contributed by atoms with Crippen LogP contribution < -0.4 is 27.4 Å². The SMILES string of the molecule is CC(C)CC(NC(=O)C(CS)NC(=O)C(N)C(C)O)C(=O)NC(CCCCN)C(=O)O. The maximum absolute atomic E-state index is 12.7. The number of carboxylic acid groups (broad SMARTS) is 1. The summed E-state index contributed by atoms with van der Waals surface area (Å²) >= 11 is 4.06. The molecule has 12 heteroatoms. The minimum absolute atomic E-state index is 0.0178. The van der Waals surface area contributed by atoms with Crippen molar-refractivity contribution >= 4 is 36.3 Å². The second kappa shape index (κ2) is 15.0. The Morgan fingerprint density at radius 2 is 1.42 bits per heavy atom. The molecule has 0 saturated heterocycles. The zero-order valence-corrected chi connectivity index (χ0v) is 19.2. The second-order valence-corrected chi connectivity index (χ2v) is 8.25. The van der Waals surface area contributed by atoms with E-state index in [9.17, 15) is 29.4 Å². The first-order valence-electron chi connectivity index (χ1n) is 10.3. The molecule has 0 saturated carbocycles. The lowest BCUT2D eigenvalue weighted by Gasteiger charge is -2.25. The Labute approximate surface area is 188 Å². The second-order valence-electron chi connectivity index (χ2n) is 7.88. The molecule has 0 aliphatic heterocycles. The highest BCUT2D eigenvalue weighted by Gasteiger charge is 2.30. The lowest BCUT2D eigenvalue weighted by molar-refractivity contribution is -0.142. The number of aliphatic carboxylic acids is 1. The van der Waals surface area contributed by atoms with Gasteiger partial charge < -0.3 is 37.6 Å². The molecule has 0 heterocycles. The zero-order chi connectivity index (χ0) is 24.1. The van der Waals surface area contributed by atoms with Crippen LogP contribution in [0, 0.1) is 5.92 Å². The molecule has 5 unspecified atom stereocenters. The quantitative estimate of drug-likeness (QED) is 0.104. The van der Waals surface area contributed by atoms with Crippen LogP contribution in [0.2, 0.25) is 0 Å². The molecule has 0 aromatic rings. The fourth-order valence-electron chi connectivity index (χ4n) is 2.68. The first kappa shape index (κ1) is 29.1. The molecule has 0 radical (unpaired) electrons. The lowest BCUT2D eigenvalue weighted by Crippen LogP contribution is -2.58. The number of thiol groups is 1. The van der Waals surface area contributed by atoms with Crippen LogP contribution in [0.5, 0.6) is 0 Å². The molecular weight excluding hydrogens is 426 g/mol. The Kier molecular flexibility index (Phi) is 14.1. The topological polar surface area (TPSA) is 197 Å². The third-order valence-corrected chi connectivity index (χ3v) is 4.90. The Morgan fingerprint density at radius 1 is 0.903 bits per heavy atom. The average molecular weight is 464 g/mol. The van der Waals surface area contributed by atoms with Crippen molar-refractivity contribution in [2.75, 3.05) is 12.3 Å². The van der Waals surface area contributed by atoms with Gasteiger partial charge in [0.05, 0.1) is 6.10 Å². The van der Waals surface area contributed by atoms with Gasteiger partial charge in [-0.1, -0.05) is 13.8 Å². The van der Waals surface area contributed by atoms with Crippen LogP contribution in [0.3, 0.4) is 0 Å². The maximum atomic E-state index is 12.7. The van der Waals surface area contributed by atoms with E-state index in [-0.39, 0.29) is 24.5 Å². The number of carboxylic acids is 1. The largest absolute Gasteiger partial charge is 0.480 e. The minimum atomic E-state index is -1.23. The van der Waals surface area contributed by atoms with E-state index in [1.54, 1.807) is 0 Å². The van der Waals surface area contributed by atoms with Crippen molar-refractivity contribution in [3.05, 3.63) is 0 Å². The molecule has 0 aliphatic carbocycles. The van der Waals surface area contributed by atoms with Gasteiger partial charge in [-0.15, -0.1) is 0 Å². The Hall–Kier alpha value is -1.89. The lowest BCUT2D eigenvalue weighted by atomic mass is 10.0. The van der Waals surface area contributed by atoms with Gasteiger partial charge >= 0.3 is 5.97 Å². The summed E-state index contributed by atoms with van der Waals surface area (Å²) in [5.74, 6) is -3.27. The molecule has 3 amide bonds. The van der Waals surface area contributed by atoms with Gasteiger partial charge in [-0.25, -0.2) is 4.79 Å². The standard InChI is InChI=1S/C19H37N5O6S/c1-10(2)8-13(16(26)22-12(19(29)30)6-4-5-7-20)23-17(27)14(9-31)24-18(28)15(21)11(3)25/h10-15,25,31H,4-9,20-21H2,1-3H3,(H,22,26)(H,23,27)(H,24,28)(H,29,30). The van der Waals surface area contributed by atoms with Crippen LogP contribution in [-0.4, -0.2) is 76.5 Å². The zero-order valence-electron chi connectivity index (χ0n) is 18.3. The summed E-state index contributed by atoms with van der Waals surface area (Å²) in [6, 6.07) is -4.43. The molecular formula is C19H37N5O6S. The molecule has 0 spiro atoms. The van der Waals surface area contributed by atoms with Crippen molar-refractivity contribution < 1.29 is 29.4 Å². The fraction of sp³-hybridized carbons (Fsp3) is 0.789. The summed E-state index contributed by atoms with van der Waals surface area (Å²) in [4.78, 5) is 48.9. The fourth-order valence-corrected chi connectivity index (χ4v) is 2.94. The highest BCUT2D eigenvalue weighted by atomic mass is 32.1. The predicted octanol–water partition coefficient (Wildman–Crippen LogP) is -1.66. The number of hydrogen-bond acceptors (Lipinski definition) is 8. The van der Waals surface area contributed by atoms with Crippen LogP contribution in [0.4, 0.5) is 0 Å². The normalized spacial score (nSPS) is 16.0. The molecule has 0 rings (SSSR count). The van der Waals surface area contributed by atoms with Crippen LogP contribution >= 0.6 is 12.6 Å². The Morgan fingerprint density at radius 3 is 1.87 bits per heavy atom. The number of nitrogens with two attached hydrogens (primary N) is 2. The van der Waals surface area contributed by atoms with Crippen molar-refractivity contribution in [2.45, 2.75) is 76.7 Å². The molecule has 180 valence electrons. The van der Waals surface area contributed by atoms with E-state index in [1.165, 1.54) is 6.92 Å². The summed E-state index contributed by atoms with van der Waals surface area (Å²) in [5, 5.41) is 26.2. The van der Waals surface area contributed by atoms with Gasteiger partial charge in [0.25, 0.3) is 0 Å². The van der Waals surface area contributed by atoms with E-state index in [4.69, 9.17) is 11.5 Å². The molecule has 0 fully saturated rings. The molecule has 0 aromatic heterocycles. The number of rotatable bonds is 15. The number of hydrogen-bond donors (Lipinski definition) is 8. The highest BCUT2D eigenvalue weighted by molar-refractivity contribution is 7.80. The van der Waals surface area contributed by atoms with Gasteiger partial charge in [-0.2, -0.15) is 12.6 Å². The molecule has 0 bridgehead atoms. The van der Waals surface area contributed by atoms with Gasteiger partial charge in [0, 0.05) is 5.75 Å². The maximum Gasteiger partial charge on any atom is 0.326 e. The third kappa shape index (κ3) is 11.3. The van der Waals surface area contributed by atoms with Gasteiger partial charge in [-0.3, -0.25) is 14.4 Å². The van der Waals surface area contributed by atoms with Gasteiger partial charge in [0.1, 0.15) is 24.2 Å². The summed E-state index contributed by atoms with van der Waals surface area (Å²) < 4.78 is 0. The number of amides is 3. The molecule has 31 heavy (non-hydrogen) atoms.